The quantitative estimate of drug-likeness (QED) is 0.190. The van der Waals surface area contributed by atoms with Gasteiger partial charge in [0.2, 0.25) is 0 Å². The summed E-state index contributed by atoms with van der Waals surface area (Å²) in [6.45, 7) is 7.40. The molecular formula is C28H30O6. The number of phenolic OH excluding ortho intramolecular Hbond substituents is 6. The first kappa shape index (κ1) is 23.4. The summed E-state index contributed by atoms with van der Waals surface area (Å²) in [5.74, 6) is -1.30. The van der Waals surface area contributed by atoms with Crippen LogP contribution in [-0.2, 0) is 12.8 Å². The molecule has 0 amide bonds. The van der Waals surface area contributed by atoms with Crippen LogP contribution in [0.5, 0.6) is 34.5 Å². The molecule has 0 bridgehead atoms. The van der Waals surface area contributed by atoms with Gasteiger partial charge in [-0.3, -0.25) is 0 Å². The lowest BCUT2D eigenvalue weighted by molar-refractivity contribution is 0.402. The van der Waals surface area contributed by atoms with Gasteiger partial charge in [0, 0.05) is 33.0 Å². The van der Waals surface area contributed by atoms with Crippen molar-refractivity contribution in [3.63, 3.8) is 0 Å². The van der Waals surface area contributed by atoms with Gasteiger partial charge in [0.05, 0.1) is 0 Å². The lowest BCUT2D eigenvalue weighted by atomic mass is 9.85. The molecule has 6 nitrogen and oxygen atoms in total. The highest BCUT2D eigenvalue weighted by atomic mass is 16.3. The van der Waals surface area contributed by atoms with Crippen molar-refractivity contribution in [3.05, 3.63) is 46.5 Å². The number of rotatable bonds is 5. The fourth-order valence-electron chi connectivity index (χ4n) is 4.93. The molecule has 0 aromatic heterocycles. The van der Waals surface area contributed by atoms with Crippen LogP contribution in [0.4, 0.5) is 0 Å². The zero-order chi connectivity index (χ0) is 24.9. The van der Waals surface area contributed by atoms with Gasteiger partial charge in [0.25, 0.3) is 0 Å². The molecule has 178 valence electrons. The summed E-state index contributed by atoms with van der Waals surface area (Å²) in [6, 6.07) is 6.44. The van der Waals surface area contributed by atoms with Crippen molar-refractivity contribution in [1.82, 2.24) is 0 Å². The molecular weight excluding hydrogens is 432 g/mol. The first-order valence-electron chi connectivity index (χ1n) is 11.5. The van der Waals surface area contributed by atoms with Crippen molar-refractivity contribution in [3.8, 4) is 45.6 Å². The van der Waals surface area contributed by atoms with E-state index in [1.165, 1.54) is 12.1 Å². The van der Waals surface area contributed by atoms with Crippen LogP contribution in [0, 0.1) is 13.8 Å². The van der Waals surface area contributed by atoms with Crippen molar-refractivity contribution in [2.75, 3.05) is 0 Å². The number of aryl methyl sites for hydroxylation is 4. The number of fused-ring (bicyclic) bond motifs is 2. The van der Waals surface area contributed by atoms with E-state index in [0.29, 0.717) is 56.6 Å². The minimum Gasteiger partial charge on any atom is -0.507 e. The molecule has 0 spiro atoms. The van der Waals surface area contributed by atoms with E-state index in [0.717, 1.165) is 24.0 Å². The third kappa shape index (κ3) is 3.41. The van der Waals surface area contributed by atoms with E-state index in [4.69, 9.17) is 0 Å². The Morgan fingerprint density at radius 2 is 0.853 bits per heavy atom. The smallest absolute Gasteiger partial charge is 0.161 e. The summed E-state index contributed by atoms with van der Waals surface area (Å²) in [4.78, 5) is 0. The maximum Gasteiger partial charge on any atom is 0.161 e. The van der Waals surface area contributed by atoms with E-state index in [-0.39, 0.29) is 34.5 Å². The van der Waals surface area contributed by atoms with Crippen molar-refractivity contribution < 1.29 is 30.6 Å². The fourth-order valence-corrected chi connectivity index (χ4v) is 4.93. The lowest BCUT2D eigenvalue weighted by Crippen LogP contribution is -1.99. The SMILES string of the molecule is CCCc1cc2c(C)c(O)c(O)cc2c(O)c1-c1c(CCC)cc2c(C)c(O)c(O)cc2c1O. The van der Waals surface area contributed by atoms with Gasteiger partial charge in [-0.25, -0.2) is 0 Å². The first-order valence-corrected chi connectivity index (χ1v) is 11.5. The Bertz CT molecular complexity index is 1340. The van der Waals surface area contributed by atoms with Crippen LogP contribution in [0.3, 0.4) is 0 Å². The molecule has 4 aromatic rings. The third-order valence-electron chi connectivity index (χ3n) is 6.70. The minimum atomic E-state index is -0.331. The lowest BCUT2D eigenvalue weighted by Gasteiger charge is -2.21. The van der Waals surface area contributed by atoms with Crippen molar-refractivity contribution >= 4 is 21.5 Å². The fraction of sp³-hybridized carbons (Fsp3) is 0.286. The van der Waals surface area contributed by atoms with Crippen LogP contribution < -0.4 is 0 Å². The maximum atomic E-state index is 11.5. The molecule has 0 unspecified atom stereocenters. The zero-order valence-corrected chi connectivity index (χ0v) is 19.8. The highest BCUT2D eigenvalue weighted by Crippen LogP contribution is 2.51. The van der Waals surface area contributed by atoms with Gasteiger partial charge < -0.3 is 30.6 Å². The summed E-state index contributed by atoms with van der Waals surface area (Å²) in [7, 11) is 0. The van der Waals surface area contributed by atoms with E-state index in [9.17, 15) is 30.6 Å². The average molecular weight is 463 g/mol. The van der Waals surface area contributed by atoms with Crippen molar-refractivity contribution in [1.29, 1.82) is 0 Å². The van der Waals surface area contributed by atoms with Gasteiger partial charge in [0.15, 0.2) is 23.0 Å². The molecule has 0 aliphatic carbocycles. The van der Waals surface area contributed by atoms with Gasteiger partial charge in [-0.05, 0) is 72.9 Å². The molecule has 0 saturated heterocycles. The molecule has 0 heterocycles. The molecule has 0 atom stereocenters. The number of phenols is 6. The van der Waals surface area contributed by atoms with Crippen LogP contribution in [0.2, 0.25) is 0 Å². The summed E-state index contributed by atoms with van der Waals surface area (Å²) in [5.41, 5.74) is 3.45. The van der Waals surface area contributed by atoms with E-state index < -0.39 is 0 Å². The average Bonchev–Trinajstić information content (AvgIpc) is 2.80. The third-order valence-corrected chi connectivity index (χ3v) is 6.70. The highest BCUT2D eigenvalue weighted by molar-refractivity contribution is 6.05. The van der Waals surface area contributed by atoms with Crippen LogP contribution in [0.25, 0.3) is 32.7 Å². The molecule has 34 heavy (non-hydrogen) atoms. The van der Waals surface area contributed by atoms with Crippen LogP contribution in [-0.4, -0.2) is 30.6 Å². The Balaban J connectivity index is 2.20. The molecule has 4 aromatic carbocycles. The van der Waals surface area contributed by atoms with Crippen LogP contribution >= 0.6 is 0 Å². The molecule has 0 fully saturated rings. The second-order valence-electron chi connectivity index (χ2n) is 8.95. The number of hydrogen-bond donors (Lipinski definition) is 6. The predicted molar refractivity (Wildman–Crippen MR) is 134 cm³/mol. The highest BCUT2D eigenvalue weighted by Gasteiger charge is 2.25. The Morgan fingerprint density at radius 3 is 1.18 bits per heavy atom. The topological polar surface area (TPSA) is 121 Å². The molecule has 6 N–H and O–H groups in total. The second-order valence-corrected chi connectivity index (χ2v) is 8.95. The van der Waals surface area contributed by atoms with E-state index >= 15 is 0 Å². The molecule has 0 radical (unpaired) electrons. The summed E-state index contributed by atoms with van der Waals surface area (Å²) >= 11 is 0. The predicted octanol–water partition coefficient (Wildman–Crippen LogP) is 6.42. The first-order chi connectivity index (χ1) is 16.1. The number of aromatic hydroxyl groups is 6. The Kier molecular flexibility index (Phi) is 5.86. The summed E-state index contributed by atoms with van der Waals surface area (Å²) in [6.07, 6.45) is 2.80. The standard InChI is InChI=1S/C28H30O6/c1-5-7-15-9-17-13(3)25(31)21(29)11-19(17)27(33)23(15)24-16(8-6-2)10-18-14(4)26(32)22(30)12-20(18)28(24)34/h9-12,29-34H,5-8H2,1-4H3. The molecule has 0 aliphatic heterocycles. The van der Waals surface area contributed by atoms with Crippen molar-refractivity contribution in [2.24, 2.45) is 0 Å². The monoisotopic (exact) mass is 462 g/mol. The van der Waals surface area contributed by atoms with Gasteiger partial charge in [-0.1, -0.05) is 26.7 Å². The Labute approximate surface area is 198 Å². The van der Waals surface area contributed by atoms with Gasteiger partial charge >= 0.3 is 0 Å². The van der Waals surface area contributed by atoms with Gasteiger partial charge in [-0.2, -0.15) is 0 Å². The van der Waals surface area contributed by atoms with E-state index in [1.54, 1.807) is 13.8 Å². The Hall–Kier alpha value is -3.80. The molecule has 0 aliphatic rings. The zero-order valence-electron chi connectivity index (χ0n) is 19.8. The van der Waals surface area contributed by atoms with Crippen LogP contribution in [0.1, 0.15) is 48.9 Å². The second kappa shape index (κ2) is 8.52. The molecule has 4 rings (SSSR count). The van der Waals surface area contributed by atoms with E-state index in [1.807, 2.05) is 26.0 Å². The largest absolute Gasteiger partial charge is 0.507 e. The van der Waals surface area contributed by atoms with Gasteiger partial charge in [0.1, 0.15) is 11.5 Å². The Morgan fingerprint density at radius 1 is 0.500 bits per heavy atom. The van der Waals surface area contributed by atoms with Crippen molar-refractivity contribution in [2.45, 2.75) is 53.4 Å². The maximum absolute atomic E-state index is 11.5. The van der Waals surface area contributed by atoms with E-state index in [2.05, 4.69) is 0 Å². The number of benzene rings is 4. The molecule has 6 heteroatoms. The van der Waals surface area contributed by atoms with Gasteiger partial charge in [-0.15, -0.1) is 0 Å². The van der Waals surface area contributed by atoms with Crippen LogP contribution in [0.15, 0.2) is 24.3 Å². The number of hydrogen-bond acceptors (Lipinski definition) is 6. The normalized spacial score (nSPS) is 11.5. The minimum absolute atomic E-state index is 0.0916. The molecule has 0 saturated carbocycles. The summed E-state index contributed by atoms with van der Waals surface area (Å²) < 4.78 is 0. The summed E-state index contributed by atoms with van der Waals surface area (Å²) in [5, 5.41) is 65.9.